The molecule has 1 heterocycles. The molecule has 32 heavy (non-hydrogen) atoms. The summed E-state index contributed by atoms with van der Waals surface area (Å²) in [5.74, 6) is 0.546. The van der Waals surface area contributed by atoms with Gasteiger partial charge in [0.05, 0.1) is 6.61 Å². The average Bonchev–Trinajstić information content (AvgIpc) is 2.81. The van der Waals surface area contributed by atoms with Crippen molar-refractivity contribution in [2.75, 3.05) is 32.8 Å². The lowest BCUT2D eigenvalue weighted by Gasteiger charge is -2.25. The normalized spacial score (nSPS) is 15.9. The van der Waals surface area contributed by atoms with Crippen molar-refractivity contribution in [2.45, 2.75) is 64.2 Å². The summed E-state index contributed by atoms with van der Waals surface area (Å²) in [5.41, 5.74) is 0.895. The molecule has 1 atom stereocenters. The van der Waals surface area contributed by atoms with E-state index in [-0.39, 0.29) is 5.91 Å². The number of hydrogen-bond donors (Lipinski definition) is 1. The molecule has 0 saturated heterocycles. The Labute approximate surface area is 195 Å². The molecule has 0 spiro atoms. The number of nitrogens with one attached hydrogen (secondary N) is 1. The number of hydrogen-bond acceptors (Lipinski definition) is 5. The largest absolute Gasteiger partial charge is 0.760 e. The van der Waals surface area contributed by atoms with Crippen molar-refractivity contribution in [1.82, 2.24) is 14.6 Å². The lowest BCUT2D eigenvalue weighted by Crippen LogP contribution is -2.31. The molecule has 0 aromatic carbocycles. The summed E-state index contributed by atoms with van der Waals surface area (Å²) in [6.07, 6.45) is 17.8. The number of aromatic nitrogens is 1. The second-order valence-electron chi connectivity index (χ2n) is 8.40. The van der Waals surface area contributed by atoms with Gasteiger partial charge in [-0.25, -0.2) is 4.31 Å². The van der Waals surface area contributed by atoms with Gasteiger partial charge in [0, 0.05) is 56.0 Å². The fourth-order valence-corrected chi connectivity index (χ4v) is 4.39. The van der Waals surface area contributed by atoms with Crippen LogP contribution in [0.4, 0.5) is 0 Å². The molecule has 0 bridgehead atoms. The van der Waals surface area contributed by atoms with E-state index in [4.69, 9.17) is 4.74 Å². The molecule has 1 unspecified atom stereocenters. The number of amides is 1. The van der Waals surface area contributed by atoms with E-state index in [1.807, 2.05) is 12.1 Å². The van der Waals surface area contributed by atoms with Crippen molar-refractivity contribution < 1.29 is 18.3 Å². The Bertz CT molecular complexity index is 681. The molecule has 0 radical (unpaired) electrons. The number of carbonyl (C=O) groups excluding carboxylic acids is 1. The molecule has 1 aliphatic rings. The van der Waals surface area contributed by atoms with Crippen LogP contribution in [0, 0.1) is 5.92 Å². The van der Waals surface area contributed by atoms with Gasteiger partial charge in [-0.2, -0.15) is 0 Å². The SMILES string of the molecule is O=C(/C=C/c1cccnc1)NCCCCCCCN(CCOCC1CCCCC1)S(=O)[O-]. The van der Waals surface area contributed by atoms with Crippen LogP contribution < -0.4 is 5.32 Å². The Kier molecular flexibility index (Phi) is 14.1. The molecule has 0 aliphatic heterocycles. The van der Waals surface area contributed by atoms with Gasteiger partial charge in [0.15, 0.2) is 0 Å². The highest BCUT2D eigenvalue weighted by Crippen LogP contribution is 2.23. The summed E-state index contributed by atoms with van der Waals surface area (Å²) in [4.78, 5) is 15.8. The average molecular weight is 465 g/mol. The van der Waals surface area contributed by atoms with Gasteiger partial charge in [-0.15, -0.1) is 0 Å². The van der Waals surface area contributed by atoms with Crippen LogP contribution in [0.1, 0.15) is 69.8 Å². The third kappa shape index (κ3) is 12.4. The van der Waals surface area contributed by atoms with Gasteiger partial charge in [-0.05, 0) is 49.3 Å². The molecule has 180 valence electrons. The molecule has 1 fully saturated rings. The van der Waals surface area contributed by atoms with E-state index in [0.717, 1.165) is 44.3 Å². The monoisotopic (exact) mass is 464 g/mol. The maximum atomic E-state index is 11.8. The smallest absolute Gasteiger partial charge is 0.243 e. The third-order valence-electron chi connectivity index (χ3n) is 5.77. The van der Waals surface area contributed by atoms with Crippen LogP contribution >= 0.6 is 0 Å². The van der Waals surface area contributed by atoms with Gasteiger partial charge < -0.3 is 14.6 Å². The fraction of sp³-hybridized carbons (Fsp3) is 0.667. The first-order chi connectivity index (χ1) is 15.6. The number of unbranched alkanes of at least 4 members (excludes halogenated alkanes) is 4. The number of pyridine rings is 1. The van der Waals surface area contributed by atoms with E-state index in [9.17, 15) is 13.6 Å². The Balaban J connectivity index is 1.44. The van der Waals surface area contributed by atoms with Crippen LogP contribution in [0.15, 0.2) is 30.6 Å². The van der Waals surface area contributed by atoms with E-state index in [0.29, 0.717) is 32.2 Å². The molecule has 1 aromatic rings. The highest BCUT2D eigenvalue weighted by molar-refractivity contribution is 7.76. The van der Waals surface area contributed by atoms with Crippen LogP contribution in [0.5, 0.6) is 0 Å². The van der Waals surface area contributed by atoms with Crippen molar-refractivity contribution in [3.05, 3.63) is 36.2 Å². The van der Waals surface area contributed by atoms with E-state index >= 15 is 0 Å². The van der Waals surface area contributed by atoms with Crippen molar-refractivity contribution >= 4 is 23.2 Å². The lowest BCUT2D eigenvalue weighted by atomic mass is 9.90. The van der Waals surface area contributed by atoms with Crippen LogP contribution in [0.25, 0.3) is 6.08 Å². The quantitative estimate of drug-likeness (QED) is 0.228. The van der Waals surface area contributed by atoms with Gasteiger partial charge in [-0.3, -0.25) is 14.0 Å². The maximum absolute atomic E-state index is 11.8. The van der Waals surface area contributed by atoms with E-state index < -0.39 is 11.3 Å². The number of nitrogens with zero attached hydrogens (tertiary/aromatic N) is 2. The minimum absolute atomic E-state index is 0.104. The highest BCUT2D eigenvalue weighted by Gasteiger charge is 2.13. The molecule has 1 amide bonds. The molecule has 1 aliphatic carbocycles. The van der Waals surface area contributed by atoms with Crippen LogP contribution in [-0.4, -0.2) is 56.8 Å². The minimum Gasteiger partial charge on any atom is -0.760 e. The first-order valence-corrected chi connectivity index (χ1v) is 13.0. The summed E-state index contributed by atoms with van der Waals surface area (Å²) in [5, 5.41) is 2.88. The molecular weight excluding hydrogens is 426 g/mol. The second kappa shape index (κ2) is 16.9. The zero-order valence-electron chi connectivity index (χ0n) is 19.1. The van der Waals surface area contributed by atoms with Crippen LogP contribution in [0.2, 0.25) is 0 Å². The van der Waals surface area contributed by atoms with Crippen molar-refractivity contribution in [3.63, 3.8) is 0 Å². The van der Waals surface area contributed by atoms with E-state index in [1.165, 1.54) is 42.5 Å². The summed E-state index contributed by atoms with van der Waals surface area (Å²) < 4.78 is 30.1. The predicted octanol–water partition coefficient (Wildman–Crippen LogP) is 3.85. The summed E-state index contributed by atoms with van der Waals surface area (Å²) in [6.45, 7) is 2.85. The Hall–Kier alpha value is -1.61. The molecule has 8 heteroatoms. The van der Waals surface area contributed by atoms with E-state index in [1.54, 1.807) is 18.5 Å². The minimum atomic E-state index is -2.20. The van der Waals surface area contributed by atoms with Crippen LogP contribution in [0.3, 0.4) is 0 Å². The van der Waals surface area contributed by atoms with Crippen LogP contribution in [-0.2, 0) is 20.8 Å². The molecule has 7 nitrogen and oxygen atoms in total. The standard InChI is InChI=1S/C24H39N3O4S/c28-24(14-13-22-12-9-15-25-20-22)26-16-7-2-1-3-8-17-27(32(29)30)18-19-31-21-23-10-5-4-6-11-23/h9,12-15,20,23H,1-8,10-11,16-19,21H2,(H,26,28)(H,29,30)/p-1/b14-13+. The predicted molar refractivity (Wildman–Crippen MR) is 127 cm³/mol. The van der Waals surface area contributed by atoms with Crippen molar-refractivity contribution in [2.24, 2.45) is 5.92 Å². The Morgan fingerprint density at radius 2 is 1.97 bits per heavy atom. The summed E-state index contributed by atoms with van der Waals surface area (Å²) in [6, 6.07) is 3.72. The lowest BCUT2D eigenvalue weighted by molar-refractivity contribution is -0.116. The molecular formula is C24H38N3O4S-. The Morgan fingerprint density at radius 1 is 1.19 bits per heavy atom. The number of rotatable bonds is 16. The second-order valence-corrected chi connectivity index (χ2v) is 9.35. The summed E-state index contributed by atoms with van der Waals surface area (Å²) >= 11 is -2.20. The van der Waals surface area contributed by atoms with Crippen molar-refractivity contribution in [1.29, 1.82) is 0 Å². The van der Waals surface area contributed by atoms with Gasteiger partial charge in [0.25, 0.3) is 0 Å². The Morgan fingerprint density at radius 3 is 2.72 bits per heavy atom. The number of ether oxygens (including phenoxy) is 1. The molecule has 1 N–H and O–H groups in total. The first kappa shape index (κ1) is 26.6. The van der Waals surface area contributed by atoms with E-state index in [2.05, 4.69) is 10.3 Å². The first-order valence-electron chi connectivity index (χ1n) is 11.9. The topological polar surface area (TPSA) is 94.6 Å². The van der Waals surface area contributed by atoms with Crippen molar-refractivity contribution in [3.8, 4) is 0 Å². The van der Waals surface area contributed by atoms with Gasteiger partial charge >= 0.3 is 0 Å². The third-order valence-corrected chi connectivity index (χ3v) is 6.56. The fourth-order valence-electron chi connectivity index (χ4n) is 3.89. The zero-order chi connectivity index (χ0) is 22.9. The number of carbonyl (C=O) groups is 1. The maximum Gasteiger partial charge on any atom is 0.243 e. The molecule has 1 saturated carbocycles. The molecule has 2 rings (SSSR count). The summed E-state index contributed by atoms with van der Waals surface area (Å²) in [7, 11) is 0. The molecule has 1 aromatic heterocycles. The highest BCUT2D eigenvalue weighted by atomic mass is 32.2. The van der Waals surface area contributed by atoms with Gasteiger partial charge in [0.1, 0.15) is 0 Å². The van der Waals surface area contributed by atoms with Gasteiger partial charge in [0.2, 0.25) is 5.91 Å². The van der Waals surface area contributed by atoms with Gasteiger partial charge in [-0.1, -0.05) is 44.6 Å². The zero-order valence-corrected chi connectivity index (χ0v) is 19.9.